The van der Waals surface area contributed by atoms with Gasteiger partial charge in [-0.3, -0.25) is 10.3 Å². The molecule has 2 heterocycles. The minimum Gasteiger partial charge on any atom is -0.740 e. The van der Waals surface area contributed by atoms with Crippen molar-refractivity contribution in [2.75, 3.05) is 11.9 Å². The Morgan fingerprint density at radius 1 is 0.926 bits per heavy atom. The highest BCUT2D eigenvalue weighted by Gasteiger charge is 2.10. The molecule has 0 spiro atoms. The number of fused-ring (bicyclic) bond motifs is 1. The Morgan fingerprint density at radius 3 is 2.59 bits per heavy atom. The fourth-order valence-corrected chi connectivity index (χ4v) is 3.10. The molecule has 0 unspecified atom stereocenters. The summed E-state index contributed by atoms with van der Waals surface area (Å²) in [5, 5.41) is 17.7. The number of nitrogens with one attached hydrogen (secondary N) is 1. The standard InChI is InChI=1S/C22H20N4O/c27-26-15-11-21(19-9-13-23-14-10-19)25-22(26)24-12-3-4-17-7-8-18-5-1-2-6-20(18)16-17/h1-2,5-11,13-16H,3-4,12H2,(H,24,25). The summed E-state index contributed by atoms with van der Waals surface area (Å²) in [6.07, 6.45) is 6.77. The van der Waals surface area contributed by atoms with Gasteiger partial charge in [-0.05, 0) is 41.3 Å². The van der Waals surface area contributed by atoms with Crippen LogP contribution in [0.15, 0.2) is 79.3 Å². The number of pyridine rings is 1. The van der Waals surface area contributed by atoms with Crippen LogP contribution in [0.25, 0.3) is 22.0 Å². The van der Waals surface area contributed by atoms with Gasteiger partial charge >= 0.3 is 5.95 Å². The van der Waals surface area contributed by atoms with E-state index in [4.69, 9.17) is 0 Å². The van der Waals surface area contributed by atoms with Crippen molar-refractivity contribution in [1.29, 1.82) is 0 Å². The van der Waals surface area contributed by atoms with Crippen LogP contribution in [0.1, 0.15) is 12.0 Å². The van der Waals surface area contributed by atoms with Crippen molar-refractivity contribution in [3.8, 4) is 11.3 Å². The SMILES string of the molecule is [O-][n+]1ccc(-c2ccncc2)nc1NCCCc1ccc2ccccc2c1. The molecule has 0 aliphatic heterocycles. The maximum atomic E-state index is 12.0. The summed E-state index contributed by atoms with van der Waals surface area (Å²) in [6, 6.07) is 20.4. The van der Waals surface area contributed by atoms with E-state index < -0.39 is 0 Å². The average molecular weight is 356 g/mol. The largest absolute Gasteiger partial charge is 0.740 e. The van der Waals surface area contributed by atoms with E-state index in [9.17, 15) is 5.21 Å². The van der Waals surface area contributed by atoms with Crippen LogP contribution in [-0.4, -0.2) is 16.5 Å². The molecule has 0 saturated heterocycles. The third kappa shape index (κ3) is 4.03. The molecule has 0 saturated carbocycles. The lowest BCUT2D eigenvalue weighted by molar-refractivity contribution is -0.593. The van der Waals surface area contributed by atoms with E-state index in [2.05, 4.69) is 57.7 Å². The number of anilines is 1. The van der Waals surface area contributed by atoms with Crippen LogP contribution < -0.4 is 10.0 Å². The summed E-state index contributed by atoms with van der Waals surface area (Å²) >= 11 is 0. The fourth-order valence-electron chi connectivity index (χ4n) is 3.10. The molecule has 5 nitrogen and oxygen atoms in total. The van der Waals surface area contributed by atoms with Gasteiger partial charge in [-0.2, -0.15) is 0 Å². The van der Waals surface area contributed by atoms with Gasteiger partial charge in [0.1, 0.15) is 0 Å². The van der Waals surface area contributed by atoms with Crippen molar-refractivity contribution in [3.63, 3.8) is 0 Å². The smallest absolute Gasteiger partial charge is 0.392 e. The third-order valence-electron chi connectivity index (χ3n) is 4.52. The maximum absolute atomic E-state index is 12.0. The van der Waals surface area contributed by atoms with Gasteiger partial charge in [0.05, 0.1) is 12.7 Å². The average Bonchev–Trinajstić information content (AvgIpc) is 2.73. The quantitative estimate of drug-likeness (QED) is 0.322. The zero-order chi connectivity index (χ0) is 18.5. The van der Waals surface area contributed by atoms with Crippen LogP contribution in [0, 0.1) is 5.21 Å². The lowest BCUT2D eigenvalue weighted by Crippen LogP contribution is -2.32. The highest BCUT2D eigenvalue weighted by Crippen LogP contribution is 2.17. The Balaban J connectivity index is 1.38. The monoisotopic (exact) mass is 356 g/mol. The molecule has 2 aromatic carbocycles. The van der Waals surface area contributed by atoms with Gasteiger partial charge in [-0.25, -0.2) is 4.73 Å². The fraction of sp³-hybridized carbons (Fsp3) is 0.136. The van der Waals surface area contributed by atoms with Crippen molar-refractivity contribution in [1.82, 2.24) is 9.97 Å². The number of benzene rings is 2. The molecule has 4 rings (SSSR count). The predicted molar refractivity (Wildman–Crippen MR) is 107 cm³/mol. The van der Waals surface area contributed by atoms with Gasteiger partial charge in [-0.15, -0.1) is 0 Å². The maximum Gasteiger partial charge on any atom is 0.392 e. The van der Waals surface area contributed by atoms with Crippen molar-refractivity contribution >= 4 is 16.7 Å². The normalized spacial score (nSPS) is 10.8. The van der Waals surface area contributed by atoms with Crippen molar-refractivity contribution in [2.45, 2.75) is 12.8 Å². The van der Waals surface area contributed by atoms with E-state index in [0.29, 0.717) is 12.5 Å². The molecule has 2 aromatic heterocycles. The lowest BCUT2D eigenvalue weighted by atomic mass is 10.0. The van der Waals surface area contributed by atoms with E-state index >= 15 is 0 Å². The summed E-state index contributed by atoms with van der Waals surface area (Å²) in [4.78, 5) is 8.45. The van der Waals surface area contributed by atoms with Crippen LogP contribution in [0.3, 0.4) is 0 Å². The predicted octanol–water partition coefficient (Wildman–Crippen LogP) is 3.97. The molecule has 5 heteroatoms. The number of rotatable bonds is 6. The van der Waals surface area contributed by atoms with E-state index in [1.807, 2.05) is 12.1 Å². The summed E-state index contributed by atoms with van der Waals surface area (Å²) in [5.74, 6) is 0.322. The van der Waals surface area contributed by atoms with E-state index in [-0.39, 0.29) is 0 Å². The van der Waals surface area contributed by atoms with Crippen LogP contribution in [0.4, 0.5) is 5.95 Å². The van der Waals surface area contributed by atoms with E-state index in [0.717, 1.165) is 28.8 Å². The molecular formula is C22H20N4O. The second-order valence-corrected chi connectivity index (χ2v) is 6.41. The first kappa shape index (κ1) is 17.0. The topological polar surface area (TPSA) is 64.8 Å². The van der Waals surface area contributed by atoms with Crippen LogP contribution in [0.5, 0.6) is 0 Å². The van der Waals surface area contributed by atoms with Crippen molar-refractivity contribution < 1.29 is 4.73 Å². The second kappa shape index (κ2) is 7.83. The Kier molecular flexibility index (Phi) is 4.92. The van der Waals surface area contributed by atoms with Crippen molar-refractivity contribution in [2.24, 2.45) is 0 Å². The highest BCUT2D eigenvalue weighted by atomic mass is 16.5. The molecule has 0 bridgehead atoms. The second-order valence-electron chi connectivity index (χ2n) is 6.41. The van der Waals surface area contributed by atoms with Gasteiger partial charge in [0, 0.05) is 24.0 Å². The molecular weight excluding hydrogens is 336 g/mol. The molecule has 0 radical (unpaired) electrons. The number of hydrogen-bond acceptors (Lipinski definition) is 4. The zero-order valence-electron chi connectivity index (χ0n) is 14.9. The van der Waals surface area contributed by atoms with E-state index in [1.165, 1.54) is 22.5 Å². The zero-order valence-corrected chi connectivity index (χ0v) is 14.9. The number of hydrogen-bond donors (Lipinski definition) is 1. The van der Waals surface area contributed by atoms with Gasteiger partial charge in [0.15, 0.2) is 5.69 Å². The van der Waals surface area contributed by atoms with Gasteiger partial charge in [0.25, 0.3) is 0 Å². The van der Waals surface area contributed by atoms with Gasteiger partial charge < -0.3 is 5.21 Å². The van der Waals surface area contributed by atoms with Crippen LogP contribution >= 0.6 is 0 Å². The van der Waals surface area contributed by atoms with Gasteiger partial charge in [-0.1, -0.05) is 47.4 Å². The molecule has 0 amide bonds. The Hall–Kier alpha value is -3.47. The molecule has 0 aliphatic rings. The van der Waals surface area contributed by atoms with Crippen LogP contribution in [0.2, 0.25) is 0 Å². The molecule has 0 atom stereocenters. The lowest BCUT2D eigenvalue weighted by Gasteiger charge is -2.09. The van der Waals surface area contributed by atoms with Gasteiger partial charge in [0.2, 0.25) is 0 Å². The minimum atomic E-state index is 0.322. The highest BCUT2D eigenvalue weighted by molar-refractivity contribution is 5.82. The first-order valence-corrected chi connectivity index (χ1v) is 9.02. The molecule has 134 valence electrons. The Morgan fingerprint density at radius 2 is 1.74 bits per heavy atom. The molecule has 1 N–H and O–H groups in total. The summed E-state index contributed by atoms with van der Waals surface area (Å²) in [7, 11) is 0. The number of nitrogens with zero attached hydrogens (tertiary/aromatic N) is 3. The van der Waals surface area contributed by atoms with Crippen molar-refractivity contribution in [3.05, 3.63) is 90.0 Å². The van der Waals surface area contributed by atoms with E-state index in [1.54, 1.807) is 18.5 Å². The summed E-state index contributed by atoms with van der Waals surface area (Å²) < 4.78 is 0.765. The molecule has 0 fully saturated rings. The summed E-state index contributed by atoms with van der Waals surface area (Å²) in [6.45, 7) is 0.682. The first-order valence-electron chi connectivity index (χ1n) is 9.02. The molecule has 4 aromatic rings. The Labute approximate surface area is 157 Å². The minimum absolute atomic E-state index is 0.322. The van der Waals surface area contributed by atoms with Crippen LogP contribution in [-0.2, 0) is 6.42 Å². The molecule has 27 heavy (non-hydrogen) atoms. The number of aromatic nitrogens is 3. The molecule has 0 aliphatic carbocycles. The third-order valence-corrected chi connectivity index (χ3v) is 4.52. The first-order chi connectivity index (χ1) is 13.3. The summed E-state index contributed by atoms with van der Waals surface area (Å²) in [5.41, 5.74) is 2.98. The Bertz CT molecular complexity index is 1050. The number of aryl methyl sites for hydroxylation is 1.